The second-order valence-corrected chi connectivity index (χ2v) is 3.61. The van der Waals surface area contributed by atoms with E-state index in [-0.39, 0.29) is 11.9 Å². The van der Waals surface area contributed by atoms with E-state index in [1.165, 1.54) is 0 Å². The molecule has 0 spiro atoms. The Balaban J connectivity index is 2.40. The van der Waals surface area contributed by atoms with Crippen LogP contribution in [0.2, 0.25) is 0 Å². The van der Waals surface area contributed by atoms with Gasteiger partial charge in [-0.25, -0.2) is 0 Å². The van der Waals surface area contributed by atoms with Crippen LogP contribution in [0.1, 0.15) is 23.7 Å². The zero-order chi connectivity index (χ0) is 10.8. The van der Waals surface area contributed by atoms with Gasteiger partial charge in [-0.3, -0.25) is 4.79 Å². The first-order valence-electron chi connectivity index (χ1n) is 5.04. The number of ether oxygens (including phenoxy) is 1. The van der Waals surface area contributed by atoms with E-state index in [1.807, 2.05) is 6.92 Å². The van der Waals surface area contributed by atoms with Crippen LogP contribution in [0.4, 0.5) is 5.69 Å². The second-order valence-electron chi connectivity index (χ2n) is 3.61. The Morgan fingerprint density at radius 1 is 1.60 bits per heavy atom. The first-order chi connectivity index (χ1) is 7.22. The third-order valence-corrected chi connectivity index (χ3v) is 2.55. The lowest BCUT2D eigenvalue weighted by atomic mass is 10.1. The van der Waals surface area contributed by atoms with Crippen LogP contribution in [0, 0.1) is 0 Å². The maximum Gasteiger partial charge on any atom is 0.257 e. The van der Waals surface area contributed by atoms with Crippen molar-refractivity contribution in [2.45, 2.75) is 19.4 Å². The molecule has 80 valence electrons. The highest BCUT2D eigenvalue weighted by Crippen LogP contribution is 2.26. The van der Waals surface area contributed by atoms with Gasteiger partial charge >= 0.3 is 0 Å². The summed E-state index contributed by atoms with van der Waals surface area (Å²) >= 11 is 0. The number of hydrogen-bond donors (Lipinski definition) is 2. The van der Waals surface area contributed by atoms with Crippen molar-refractivity contribution in [1.29, 1.82) is 0 Å². The zero-order valence-electron chi connectivity index (χ0n) is 8.62. The molecule has 1 aliphatic heterocycles. The van der Waals surface area contributed by atoms with Gasteiger partial charge in [-0.05, 0) is 18.6 Å². The highest BCUT2D eigenvalue weighted by molar-refractivity contribution is 6.02. The van der Waals surface area contributed by atoms with Gasteiger partial charge in [-0.1, -0.05) is 13.0 Å². The van der Waals surface area contributed by atoms with E-state index in [0.717, 1.165) is 6.42 Å². The summed E-state index contributed by atoms with van der Waals surface area (Å²) in [6.45, 7) is 2.51. The molecule has 0 unspecified atom stereocenters. The molecular weight excluding hydrogens is 192 g/mol. The molecule has 2 rings (SSSR count). The summed E-state index contributed by atoms with van der Waals surface area (Å²) in [5, 5.41) is 2.88. The number of carbonyl (C=O) groups is 1. The van der Waals surface area contributed by atoms with E-state index in [9.17, 15) is 4.79 Å². The van der Waals surface area contributed by atoms with Crippen molar-refractivity contribution >= 4 is 11.6 Å². The molecule has 0 saturated carbocycles. The summed E-state index contributed by atoms with van der Waals surface area (Å²) < 4.78 is 5.54. The van der Waals surface area contributed by atoms with Gasteiger partial charge in [0.25, 0.3) is 5.91 Å². The first kappa shape index (κ1) is 9.83. The summed E-state index contributed by atoms with van der Waals surface area (Å²) in [5.74, 6) is 0.427. The minimum atomic E-state index is -0.146. The van der Waals surface area contributed by atoms with E-state index in [4.69, 9.17) is 10.5 Å². The normalized spacial score (nSPS) is 19.8. The van der Waals surface area contributed by atoms with Crippen molar-refractivity contribution in [1.82, 2.24) is 5.32 Å². The molecule has 0 aromatic heterocycles. The molecule has 1 amide bonds. The van der Waals surface area contributed by atoms with Gasteiger partial charge in [0.05, 0.1) is 6.04 Å². The third kappa shape index (κ3) is 1.75. The number of amides is 1. The minimum Gasteiger partial charge on any atom is -0.491 e. The average Bonchev–Trinajstić information content (AvgIpc) is 2.39. The smallest absolute Gasteiger partial charge is 0.257 e. The first-order valence-corrected chi connectivity index (χ1v) is 5.04. The van der Waals surface area contributed by atoms with Crippen molar-refractivity contribution in [3.8, 4) is 5.75 Å². The molecule has 1 atom stereocenters. The molecule has 0 radical (unpaired) electrons. The topological polar surface area (TPSA) is 64.3 Å². The van der Waals surface area contributed by atoms with E-state index >= 15 is 0 Å². The Bertz CT molecular complexity index is 390. The van der Waals surface area contributed by atoms with Crippen molar-refractivity contribution in [3.63, 3.8) is 0 Å². The van der Waals surface area contributed by atoms with Crippen LogP contribution in [0.15, 0.2) is 18.2 Å². The molecule has 1 aliphatic rings. The molecule has 0 aliphatic carbocycles. The van der Waals surface area contributed by atoms with Crippen molar-refractivity contribution < 1.29 is 9.53 Å². The molecule has 1 aromatic carbocycles. The number of nitrogen functional groups attached to an aromatic ring is 1. The lowest BCUT2D eigenvalue weighted by molar-refractivity contribution is 0.0938. The van der Waals surface area contributed by atoms with Crippen molar-refractivity contribution in [2.24, 2.45) is 0 Å². The highest BCUT2D eigenvalue weighted by atomic mass is 16.5. The van der Waals surface area contributed by atoms with Gasteiger partial charge in [0.2, 0.25) is 0 Å². The fourth-order valence-electron chi connectivity index (χ4n) is 1.62. The summed E-state index contributed by atoms with van der Waals surface area (Å²) in [6.07, 6.45) is 0.847. The Kier molecular flexibility index (Phi) is 2.49. The minimum absolute atomic E-state index is 0.0595. The van der Waals surface area contributed by atoms with Crippen LogP contribution >= 0.6 is 0 Å². The largest absolute Gasteiger partial charge is 0.491 e. The number of carbonyl (C=O) groups excluding carboxylic acids is 1. The quantitative estimate of drug-likeness (QED) is 0.678. The molecule has 1 heterocycles. The summed E-state index contributed by atoms with van der Waals surface area (Å²) in [5.41, 5.74) is 6.66. The summed E-state index contributed by atoms with van der Waals surface area (Å²) in [4.78, 5) is 11.8. The monoisotopic (exact) mass is 206 g/mol. The zero-order valence-corrected chi connectivity index (χ0v) is 8.62. The molecular formula is C11H14N2O2. The Hall–Kier alpha value is -1.71. The molecule has 4 nitrogen and oxygen atoms in total. The van der Waals surface area contributed by atoms with E-state index in [0.29, 0.717) is 23.6 Å². The average molecular weight is 206 g/mol. The Morgan fingerprint density at radius 3 is 3.13 bits per heavy atom. The van der Waals surface area contributed by atoms with Gasteiger partial charge in [0.15, 0.2) is 0 Å². The van der Waals surface area contributed by atoms with Crippen LogP contribution in [0.25, 0.3) is 0 Å². The summed E-state index contributed by atoms with van der Waals surface area (Å²) in [7, 11) is 0. The van der Waals surface area contributed by atoms with Gasteiger partial charge in [0.1, 0.15) is 17.9 Å². The maximum atomic E-state index is 11.8. The van der Waals surface area contributed by atoms with E-state index < -0.39 is 0 Å². The fraction of sp³-hybridized carbons (Fsp3) is 0.364. The molecule has 3 N–H and O–H groups in total. The Labute approximate surface area is 88.4 Å². The fourth-order valence-corrected chi connectivity index (χ4v) is 1.62. The van der Waals surface area contributed by atoms with Gasteiger partial charge in [-0.2, -0.15) is 0 Å². The molecule has 0 fully saturated rings. The van der Waals surface area contributed by atoms with Crippen LogP contribution < -0.4 is 15.8 Å². The number of fused-ring (bicyclic) bond motifs is 1. The third-order valence-electron chi connectivity index (χ3n) is 2.55. The van der Waals surface area contributed by atoms with Crippen molar-refractivity contribution in [3.05, 3.63) is 23.8 Å². The molecule has 1 aromatic rings. The molecule has 15 heavy (non-hydrogen) atoms. The lowest BCUT2D eigenvalue weighted by Gasteiger charge is -2.11. The number of anilines is 1. The van der Waals surface area contributed by atoms with Crippen molar-refractivity contribution in [2.75, 3.05) is 12.3 Å². The Morgan fingerprint density at radius 2 is 2.40 bits per heavy atom. The molecule has 0 saturated heterocycles. The standard InChI is InChI=1S/C11H14N2O2/c1-2-7-6-15-9-5-3-4-8(12)10(9)11(14)13-7/h3-5,7H,2,6,12H2,1H3,(H,13,14)/t7-/m1/s1. The molecule has 0 bridgehead atoms. The number of nitrogens with two attached hydrogens (primary N) is 1. The van der Waals surface area contributed by atoms with Gasteiger partial charge in [-0.15, -0.1) is 0 Å². The predicted molar refractivity (Wildman–Crippen MR) is 57.9 cm³/mol. The van der Waals surface area contributed by atoms with Gasteiger partial charge < -0.3 is 15.8 Å². The number of benzene rings is 1. The van der Waals surface area contributed by atoms with E-state index in [2.05, 4.69) is 5.32 Å². The van der Waals surface area contributed by atoms with Crippen LogP contribution in [-0.4, -0.2) is 18.6 Å². The molecule has 4 heteroatoms. The number of rotatable bonds is 1. The second kappa shape index (κ2) is 3.81. The highest BCUT2D eigenvalue weighted by Gasteiger charge is 2.23. The summed E-state index contributed by atoms with van der Waals surface area (Å²) in [6, 6.07) is 5.31. The predicted octanol–water partition coefficient (Wildman–Crippen LogP) is 1.17. The van der Waals surface area contributed by atoms with Gasteiger partial charge in [0, 0.05) is 5.69 Å². The van der Waals surface area contributed by atoms with Crippen LogP contribution in [0.5, 0.6) is 5.75 Å². The number of nitrogens with one attached hydrogen (secondary N) is 1. The van der Waals surface area contributed by atoms with Crippen LogP contribution in [0.3, 0.4) is 0 Å². The van der Waals surface area contributed by atoms with E-state index in [1.54, 1.807) is 18.2 Å². The maximum absolute atomic E-state index is 11.8. The number of hydrogen-bond acceptors (Lipinski definition) is 3. The van der Waals surface area contributed by atoms with Crippen LogP contribution in [-0.2, 0) is 0 Å². The SMILES string of the molecule is CC[C@@H]1COc2cccc(N)c2C(=O)N1. The lowest BCUT2D eigenvalue weighted by Crippen LogP contribution is -2.36.